The van der Waals surface area contributed by atoms with Crippen molar-refractivity contribution < 1.29 is 4.79 Å². The third-order valence-electron chi connectivity index (χ3n) is 3.56. The van der Waals surface area contributed by atoms with Gasteiger partial charge in [-0.1, -0.05) is 6.07 Å². The van der Waals surface area contributed by atoms with E-state index < -0.39 is 0 Å². The van der Waals surface area contributed by atoms with Crippen LogP contribution in [-0.4, -0.2) is 42.0 Å². The number of pyridine rings is 1. The lowest BCUT2D eigenvalue weighted by atomic mass is 10.0. The second-order valence-corrected chi connectivity index (χ2v) is 4.60. The highest BCUT2D eigenvalue weighted by molar-refractivity contribution is 5.92. The van der Waals surface area contributed by atoms with Crippen LogP contribution in [0.5, 0.6) is 0 Å². The van der Waals surface area contributed by atoms with Crippen LogP contribution in [0.15, 0.2) is 24.4 Å². The molecule has 3 rings (SSSR count). The second kappa shape index (κ2) is 6.36. The fourth-order valence-corrected chi connectivity index (χ4v) is 2.67. The molecule has 2 saturated heterocycles. The van der Waals surface area contributed by atoms with Crippen LogP contribution < -0.4 is 5.32 Å². The van der Waals surface area contributed by atoms with Gasteiger partial charge in [0.15, 0.2) is 0 Å². The average Bonchev–Trinajstić information content (AvgIpc) is 2.89. The summed E-state index contributed by atoms with van der Waals surface area (Å²) < 4.78 is 0. The van der Waals surface area contributed by atoms with Gasteiger partial charge in [0.1, 0.15) is 5.69 Å². The minimum absolute atomic E-state index is 0. The molecule has 4 nitrogen and oxygen atoms in total. The Labute approximate surface area is 119 Å². The molecule has 0 unspecified atom stereocenters. The smallest absolute Gasteiger partial charge is 0.272 e. The highest BCUT2D eigenvalue weighted by Crippen LogP contribution is 2.26. The summed E-state index contributed by atoms with van der Waals surface area (Å²) in [4.78, 5) is 18.2. The number of nitrogens with one attached hydrogen (secondary N) is 1. The van der Waals surface area contributed by atoms with Crippen LogP contribution in [-0.2, 0) is 0 Å². The Morgan fingerprint density at radius 1 is 1.22 bits per heavy atom. The maximum Gasteiger partial charge on any atom is 0.272 e. The van der Waals surface area contributed by atoms with E-state index in [2.05, 4.69) is 10.3 Å². The summed E-state index contributed by atoms with van der Waals surface area (Å²) >= 11 is 0. The van der Waals surface area contributed by atoms with Crippen molar-refractivity contribution in [1.29, 1.82) is 0 Å². The van der Waals surface area contributed by atoms with Gasteiger partial charge in [0.25, 0.3) is 5.91 Å². The van der Waals surface area contributed by atoms with Crippen LogP contribution in [0.4, 0.5) is 0 Å². The molecule has 0 bridgehead atoms. The highest BCUT2D eigenvalue weighted by atomic mass is 35.5. The van der Waals surface area contributed by atoms with Crippen LogP contribution in [0, 0.1) is 11.8 Å². The fraction of sp³-hybridized carbons (Fsp3) is 0.500. The molecule has 0 saturated carbocycles. The number of aromatic nitrogens is 1. The molecule has 0 aromatic carbocycles. The molecular formula is C12H17Cl2N3O. The lowest BCUT2D eigenvalue weighted by molar-refractivity contribution is 0.0776. The van der Waals surface area contributed by atoms with Crippen LogP contribution in [0.25, 0.3) is 0 Å². The number of rotatable bonds is 1. The molecule has 2 fully saturated rings. The van der Waals surface area contributed by atoms with E-state index in [9.17, 15) is 4.79 Å². The number of hydrogen-bond acceptors (Lipinski definition) is 3. The molecule has 1 amide bonds. The largest absolute Gasteiger partial charge is 0.337 e. The van der Waals surface area contributed by atoms with Crippen molar-refractivity contribution in [3.8, 4) is 0 Å². The first kappa shape index (κ1) is 15.2. The Balaban J connectivity index is 0.000000810. The molecule has 0 aliphatic carbocycles. The van der Waals surface area contributed by atoms with Crippen LogP contribution >= 0.6 is 24.8 Å². The number of halogens is 2. The number of carbonyl (C=O) groups is 1. The normalized spacial score (nSPS) is 25.0. The van der Waals surface area contributed by atoms with Gasteiger partial charge in [-0.3, -0.25) is 9.78 Å². The van der Waals surface area contributed by atoms with Crippen molar-refractivity contribution in [2.75, 3.05) is 26.2 Å². The van der Waals surface area contributed by atoms with Crippen molar-refractivity contribution in [2.24, 2.45) is 11.8 Å². The summed E-state index contributed by atoms with van der Waals surface area (Å²) in [5.41, 5.74) is 0.565. The van der Waals surface area contributed by atoms with Gasteiger partial charge in [-0.2, -0.15) is 0 Å². The molecule has 1 aromatic heterocycles. The van der Waals surface area contributed by atoms with Gasteiger partial charge in [-0.15, -0.1) is 24.8 Å². The molecule has 2 aliphatic rings. The van der Waals surface area contributed by atoms with E-state index in [1.54, 1.807) is 12.3 Å². The summed E-state index contributed by atoms with van der Waals surface area (Å²) in [5, 5.41) is 3.37. The zero-order valence-corrected chi connectivity index (χ0v) is 11.5. The first-order valence-electron chi connectivity index (χ1n) is 5.75. The van der Waals surface area contributed by atoms with Crippen LogP contribution in [0.1, 0.15) is 10.5 Å². The van der Waals surface area contributed by atoms with Crippen LogP contribution in [0.2, 0.25) is 0 Å². The van der Waals surface area contributed by atoms with Gasteiger partial charge in [-0.25, -0.2) is 0 Å². The average molecular weight is 290 g/mol. The van der Waals surface area contributed by atoms with Gasteiger partial charge in [-0.05, 0) is 24.0 Å². The first-order chi connectivity index (χ1) is 7.84. The minimum Gasteiger partial charge on any atom is -0.337 e. The number of nitrogens with zero attached hydrogens (tertiary/aromatic N) is 2. The Kier molecular flexibility index (Phi) is 5.38. The Bertz CT molecular complexity index is 390. The molecule has 3 heterocycles. The van der Waals surface area contributed by atoms with Gasteiger partial charge in [0, 0.05) is 32.4 Å². The van der Waals surface area contributed by atoms with Crippen molar-refractivity contribution in [2.45, 2.75) is 0 Å². The SMILES string of the molecule is Cl.Cl.O=C(c1ccccn1)N1C[C@H]2CNC[C@H]2C1. The van der Waals surface area contributed by atoms with Gasteiger partial charge in [0.2, 0.25) is 0 Å². The van der Waals surface area contributed by atoms with Gasteiger partial charge >= 0.3 is 0 Å². The van der Waals surface area contributed by atoms with Gasteiger partial charge in [0.05, 0.1) is 0 Å². The predicted octanol–water partition coefficient (Wildman–Crippen LogP) is 1.22. The number of amides is 1. The standard InChI is InChI=1S/C12H15N3O.2ClH/c16-12(11-3-1-2-4-14-11)15-7-9-5-13-6-10(9)8-15;;/h1-4,9-10,13H,5-8H2;2*1H/t9-,10+;;. The predicted molar refractivity (Wildman–Crippen MR) is 74.5 cm³/mol. The molecule has 100 valence electrons. The minimum atomic E-state index is 0. The zero-order chi connectivity index (χ0) is 11.0. The summed E-state index contributed by atoms with van der Waals surface area (Å²) in [6.45, 7) is 3.87. The molecule has 1 aromatic rings. The van der Waals surface area contributed by atoms with Crippen molar-refractivity contribution in [1.82, 2.24) is 15.2 Å². The topological polar surface area (TPSA) is 45.2 Å². The van der Waals surface area contributed by atoms with E-state index in [1.807, 2.05) is 17.0 Å². The third-order valence-corrected chi connectivity index (χ3v) is 3.56. The van der Waals surface area contributed by atoms with Gasteiger partial charge < -0.3 is 10.2 Å². The van der Waals surface area contributed by atoms with E-state index in [0.29, 0.717) is 17.5 Å². The lowest BCUT2D eigenvalue weighted by Crippen LogP contribution is -2.32. The summed E-state index contributed by atoms with van der Waals surface area (Å²) in [7, 11) is 0. The van der Waals surface area contributed by atoms with E-state index in [-0.39, 0.29) is 30.7 Å². The Morgan fingerprint density at radius 3 is 2.44 bits per heavy atom. The van der Waals surface area contributed by atoms with E-state index in [1.165, 1.54) is 0 Å². The van der Waals surface area contributed by atoms with Crippen molar-refractivity contribution >= 4 is 30.7 Å². The molecule has 1 N–H and O–H groups in total. The first-order valence-corrected chi connectivity index (χ1v) is 5.75. The van der Waals surface area contributed by atoms with E-state index in [0.717, 1.165) is 26.2 Å². The molecular weight excluding hydrogens is 273 g/mol. The Morgan fingerprint density at radius 2 is 1.89 bits per heavy atom. The Hall–Kier alpha value is -0.840. The lowest BCUT2D eigenvalue weighted by Gasteiger charge is -2.16. The molecule has 18 heavy (non-hydrogen) atoms. The summed E-state index contributed by atoms with van der Waals surface area (Å²) in [6.07, 6.45) is 1.67. The highest BCUT2D eigenvalue weighted by Gasteiger charge is 2.38. The molecule has 0 radical (unpaired) electrons. The second-order valence-electron chi connectivity index (χ2n) is 4.60. The van der Waals surface area contributed by atoms with Crippen LogP contribution in [0.3, 0.4) is 0 Å². The number of carbonyl (C=O) groups excluding carboxylic acids is 1. The van der Waals surface area contributed by atoms with E-state index in [4.69, 9.17) is 0 Å². The molecule has 0 spiro atoms. The maximum absolute atomic E-state index is 12.1. The monoisotopic (exact) mass is 289 g/mol. The van der Waals surface area contributed by atoms with Crippen molar-refractivity contribution in [3.05, 3.63) is 30.1 Å². The summed E-state index contributed by atoms with van der Waals surface area (Å²) in [6, 6.07) is 5.48. The number of hydrogen-bond donors (Lipinski definition) is 1. The summed E-state index contributed by atoms with van der Waals surface area (Å²) in [5.74, 6) is 1.37. The zero-order valence-electron chi connectivity index (χ0n) is 9.91. The molecule has 2 aliphatic heterocycles. The van der Waals surface area contributed by atoms with E-state index >= 15 is 0 Å². The molecule has 2 atom stereocenters. The van der Waals surface area contributed by atoms with Crippen molar-refractivity contribution in [3.63, 3.8) is 0 Å². The fourth-order valence-electron chi connectivity index (χ4n) is 2.67. The molecule has 6 heteroatoms. The maximum atomic E-state index is 12.1. The number of likely N-dealkylation sites (tertiary alicyclic amines) is 1. The quantitative estimate of drug-likeness (QED) is 0.846. The number of fused-ring (bicyclic) bond motifs is 1. The third kappa shape index (κ3) is 2.76.